The van der Waals surface area contributed by atoms with Crippen LogP contribution in [0.2, 0.25) is 0 Å². The van der Waals surface area contributed by atoms with E-state index in [-0.39, 0.29) is 24.5 Å². The molecule has 2 aliphatic rings. The van der Waals surface area contributed by atoms with E-state index in [4.69, 9.17) is 14.6 Å². The van der Waals surface area contributed by atoms with Crippen molar-refractivity contribution in [2.24, 2.45) is 0 Å². The van der Waals surface area contributed by atoms with Gasteiger partial charge in [0.1, 0.15) is 0 Å². The predicted octanol–water partition coefficient (Wildman–Crippen LogP) is 3.99. The molecule has 1 aliphatic carbocycles. The lowest BCUT2D eigenvalue weighted by Crippen LogP contribution is -2.33. The summed E-state index contributed by atoms with van der Waals surface area (Å²) in [7, 11) is 0. The number of aliphatic hydroxyl groups is 1. The standard InChI is InChI=1S/C23H24INO4/c24-19-7-5-17(6-8-19)18-11-21(23(27)25-20-9-10-20)29-22(12-18)28-14-16-3-1-15(13-26)2-4-16/h1-8,11,18,20,22,26H,9-10,12-14H2,(H,25,27)/t18-,22+/m0/s1. The molecule has 29 heavy (non-hydrogen) atoms. The maximum absolute atomic E-state index is 12.6. The first kappa shape index (κ1) is 20.4. The molecule has 152 valence electrons. The largest absolute Gasteiger partial charge is 0.459 e. The molecule has 1 fully saturated rings. The van der Waals surface area contributed by atoms with Crippen molar-refractivity contribution in [1.29, 1.82) is 0 Å². The minimum absolute atomic E-state index is 0.0226. The highest BCUT2D eigenvalue weighted by Crippen LogP contribution is 2.32. The molecule has 2 N–H and O–H groups in total. The minimum Gasteiger partial charge on any atom is -0.459 e. The first-order valence-electron chi connectivity index (χ1n) is 9.86. The number of carbonyl (C=O) groups excluding carboxylic acids is 1. The minimum atomic E-state index is -0.498. The maximum Gasteiger partial charge on any atom is 0.286 e. The molecule has 1 heterocycles. The number of allylic oxidation sites excluding steroid dienone is 1. The number of benzene rings is 2. The van der Waals surface area contributed by atoms with Gasteiger partial charge in [0, 0.05) is 22.0 Å². The van der Waals surface area contributed by atoms with Crippen LogP contribution >= 0.6 is 22.6 Å². The number of halogens is 1. The van der Waals surface area contributed by atoms with Crippen LogP contribution < -0.4 is 5.32 Å². The number of hydrogen-bond donors (Lipinski definition) is 2. The molecular formula is C23H24INO4. The van der Waals surface area contributed by atoms with Crippen molar-refractivity contribution in [3.05, 3.63) is 80.6 Å². The molecule has 1 amide bonds. The summed E-state index contributed by atoms with van der Waals surface area (Å²) in [5.41, 5.74) is 3.00. The van der Waals surface area contributed by atoms with Crippen LogP contribution in [0.5, 0.6) is 0 Å². The third-order valence-electron chi connectivity index (χ3n) is 5.13. The zero-order valence-electron chi connectivity index (χ0n) is 16.0. The summed E-state index contributed by atoms with van der Waals surface area (Å²) < 4.78 is 13.1. The van der Waals surface area contributed by atoms with Gasteiger partial charge in [-0.3, -0.25) is 4.79 Å². The van der Waals surface area contributed by atoms with E-state index in [1.54, 1.807) is 0 Å². The molecule has 0 spiro atoms. The van der Waals surface area contributed by atoms with E-state index in [0.717, 1.165) is 29.5 Å². The summed E-state index contributed by atoms with van der Waals surface area (Å²) in [6, 6.07) is 16.2. The van der Waals surface area contributed by atoms with Gasteiger partial charge in [0.2, 0.25) is 6.29 Å². The van der Waals surface area contributed by atoms with E-state index in [2.05, 4.69) is 52.2 Å². The molecule has 2 aromatic rings. The van der Waals surface area contributed by atoms with E-state index >= 15 is 0 Å². The molecule has 1 aliphatic heterocycles. The van der Waals surface area contributed by atoms with Gasteiger partial charge in [-0.15, -0.1) is 0 Å². The second-order valence-corrected chi connectivity index (χ2v) is 8.75. The number of aliphatic hydroxyl groups excluding tert-OH is 1. The van der Waals surface area contributed by atoms with Crippen molar-refractivity contribution >= 4 is 28.5 Å². The average molecular weight is 505 g/mol. The zero-order valence-corrected chi connectivity index (χ0v) is 18.2. The molecule has 0 radical (unpaired) electrons. The number of nitrogens with one attached hydrogen (secondary N) is 1. The Morgan fingerprint density at radius 1 is 1.10 bits per heavy atom. The number of hydrogen-bond acceptors (Lipinski definition) is 4. The Bertz CT molecular complexity index is 875. The fourth-order valence-corrected chi connectivity index (χ4v) is 3.63. The van der Waals surface area contributed by atoms with E-state index in [1.807, 2.05) is 30.3 Å². The summed E-state index contributed by atoms with van der Waals surface area (Å²) in [6.45, 7) is 0.405. The summed E-state index contributed by atoms with van der Waals surface area (Å²) >= 11 is 2.29. The van der Waals surface area contributed by atoms with Crippen molar-refractivity contribution < 1.29 is 19.4 Å². The Labute approximate surface area is 184 Å². The van der Waals surface area contributed by atoms with Gasteiger partial charge in [-0.05, 0) is 70.3 Å². The first-order chi connectivity index (χ1) is 14.1. The summed E-state index contributed by atoms with van der Waals surface area (Å²) in [5.74, 6) is 0.235. The van der Waals surface area contributed by atoms with Crippen LogP contribution in [0, 0.1) is 3.57 Å². The van der Waals surface area contributed by atoms with Gasteiger partial charge in [-0.25, -0.2) is 0 Å². The Kier molecular flexibility index (Phi) is 6.52. The molecule has 2 aromatic carbocycles. The Morgan fingerprint density at radius 2 is 1.79 bits per heavy atom. The fourth-order valence-electron chi connectivity index (χ4n) is 3.27. The monoisotopic (exact) mass is 505 g/mol. The highest BCUT2D eigenvalue weighted by molar-refractivity contribution is 14.1. The molecule has 4 rings (SSSR count). The lowest BCUT2D eigenvalue weighted by molar-refractivity contribution is -0.150. The second kappa shape index (κ2) is 9.28. The van der Waals surface area contributed by atoms with Crippen LogP contribution in [0.4, 0.5) is 0 Å². The van der Waals surface area contributed by atoms with E-state index in [0.29, 0.717) is 18.8 Å². The molecule has 1 saturated carbocycles. The quantitative estimate of drug-likeness (QED) is 0.559. The van der Waals surface area contributed by atoms with Gasteiger partial charge in [0.15, 0.2) is 5.76 Å². The van der Waals surface area contributed by atoms with Crippen molar-refractivity contribution in [2.75, 3.05) is 0 Å². The maximum atomic E-state index is 12.6. The van der Waals surface area contributed by atoms with Crippen LogP contribution in [0.3, 0.4) is 0 Å². The fraction of sp³-hybridized carbons (Fsp3) is 0.348. The molecule has 0 unspecified atom stereocenters. The molecule has 0 aromatic heterocycles. The van der Waals surface area contributed by atoms with Crippen molar-refractivity contribution in [3.63, 3.8) is 0 Å². The second-order valence-electron chi connectivity index (χ2n) is 7.51. The molecule has 0 bridgehead atoms. The Balaban J connectivity index is 1.47. The Morgan fingerprint density at radius 3 is 2.45 bits per heavy atom. The normalized spacial score (nSPS) is 21.2. The van der Waals surface area contributed by atoms with E-state index in [9.17, 15) is 4.79 Å². The van der Waals surface area contributed by atoms with Crippen molar-refractivity contribution in [1.82, 2.24) is 5.32 Å². The molecule has 6 heteroatoms. The van der Waals surface area contributed by atoms with Crippen LogP contribution in [0.1, 0.15) is 41.9 Å². The van der Waals surface area contributed by atoms with Crippen LogP contribution in [-0.2, 0) is 27.5 Å². The summed E-state index contributed by atoms with van der Waals surface area (Å²) in [4.78, 5) is 12.6. The summed E-state index contributed by atoms with van der Waals surface area (Å²) in [6.07, 6.45) is 4.12. The number of carbonyl (C=O) groups is 1. The van der Waals surface area contributed by atoms with Gasteiger partial charge in [0.25, 0.3) is 5.91 Å². The molecular weight excluding hydrogens is 481 g/mol. The van der Waals surface area contributed by atoms with Gasteiger partial charge < -0.3 is 19.9 Å². The van der Waals surface area contributed by atoms with Crippen LogP contribution in [0.15, 0.2) is 60.4 Å². The smallest absolute Gasteiger partial charge is 0.286 e. The van der Waals surface area contributed by atoms with Gasteiger partial charge in [-0.1, -0.05) is 36.4 Å². The lowest BCUT2D eigenvalue weighted by Gasteiger charge is -2.29. The van der Waals surface area contributed by atoms with Crippen LogP contribution in [-0.4, -0.2) is 23.3 Å². The van der Waals surface area contributed by atoms with E-state index < -0.39 is 6.29 Å². The van der Waals surface area contributed by atoms with E-state index in [1.165, 1.54) is 3.57 Å². The van der Waals surface area contributed by atoms with Crippen molar-refractivity contribution in [3.8, 4) is 0 Å². The van der Waals surface area contributed by atoms with Crippen LogP contribution in [0.25, 0.3) is 0 Å². The zero-order chi connectivity index (χ0) is 20.2. The molecule has 0 saturated heterocycles. The number of amides is 1. The first-order valence-corrected chi connectivity index (χ1v) is 10.9. The molecule has 5 nitrogen and oxygen atoms in total. The van der Waals surface area contributed by atoms with Crippen molar-refractivity contribution in [2.45, 2.75) is 50.7 Å². The number of rotatable bonds is 7. The SMILES string of the molecule is O=C(NC1CC1)C1=C[C@H](c2ccc(I)cc2)C[C@H](OCc2ccc(CO)cc2)O1. The third-order valence-corrected chi connectivity index (χ3v) is 5.85. The van der Waals surface area contributed by atoms with Gasteiger partial charge in [-0.2, -0.15) is 0 Å². The lowest BCUT2D eigenvalue weighted by atomic mass is 9.93. The Hall–Kier alpha value is -1.90. The highest BCUT2D eigenvalue weighted by Gasteiger charge is 2.31. The topological polar surface area (TPSA) is 67.8 Å². The van der Waals surface area contributed by atoms with Gasteiger partial charge >= 0.3 is 0 Å². The predicted molar refractivity (Wildman–Crippen MR) is 118 cm³/mol. The molecule has 2 atom stereocenters. The number of ether oxygens (including phenoxy) is 2. The van der Waals surface area contributed by atoms with Gasteiger partial charge in [0.05, 0.1) is 13.2 Å². The highest BCUT2D eigenvalue weighted by atomic mass is 127. The third kappa shape index (κ3) is 5.58. The average Bonchev–Trinajstić information content (AvgIpc) is 3.57. The summed E-state index contributed by atoms with van der Waals surface area (Å²) in [5, 5.41) is 12.2.